The van der Waals surface area contributed by atoms with Gasteiger partial charge < -0.3 is 5.32 Å². The maximum Gasteiger partial charge on any atom is 0.221 e. The highest BCUT2D eigenvalue weighted by molar-refractivity contribution is 7.90. The number of carbonyl (C=O) groups excluding carboxylic acids is 1. The van der Waals surface area contributed by atoms with Crippen LogP contribution in [0.25, 0.3) is 0 Å². The summed E-state index contributed by atoms with van der Waals surface area (Å²) in [6.45, 7) is 1.88. The predicted molar refractivity (Wildman–Crippen MR) is 91.5 cm³/mol. The van der Waals surface area contributed by atoms with Crippen molar-refractivity contribution in [3.05, 3.63) is 71.8 Å². The second-order valence-corrected chi connectivity index (χ2v) is 7.71. The number of hydrogen-bond donors (Lipinski definition) is 1. The van der Waals surface area contributed by atoms with Crippen molar-refractivity contribution in [3.63, 3.8) is 0 Å². The number of rotatable bonds is 7. The molecule has 4 nitrogen and oxygen atoms in total. The Morgan fingerprint density at radius 3 is 2.17 bits per heavy atom. The van der Waals surface area contributed by atoms with Gasteiger partial charge >= 0.3 is 0 Å². The van der Waals surface area contributed by atoms with Crippen LogP contribution in [0.15, 0.2) is 60.7 Å². The van der Waals surface area contributed by atoms with E-state index < -0.39 is 9.84 Å². The minimum absolute atomic E-state index is 0.0215. The summed E-state index contributed by atoms with van der Waals surface area (Å²) in [7, 11) is -3.29. The topological polar surface area (TPSA) is 63.2 Å². The third-order valence-electron chi connectivity index (χ3n) is 3.55. The third kappa shape index (κ3) is 5.87. The van der Waals surface area contributed by atoms with E-state index in [9.17, 15) is 13.2 Å². The number of hydrogen-bond acceptors (Lipinski definition) is 3. The molecule has 0 bridgehead atoms. The van der Waals surface area contributed by atoms with Gasteiger partial charge in [0.1, 0.15) is 0 Å². The van der Waals surface area contributed by atoms with Crippen LogP contribution in [0.4, 0.5) is 0 Å². The van der Waals surface area contributed by atoms with Gasteiger partial charge in [-0.25, -0.2) is 8.42 Å². The molecule has 23 heavy (non-hydrogen) atoms. The summed E-state index contributed by atoms with van der Waals surface area (Å²) in [6.07, 6.45) is -0.0215. The van der Waals surface area contributed by atoms with Gasteiger partial charge in [0.25, 0.3) is 0 Å². The molecule has 2 aromatic carbocycles. The van der Waals surface area contributed by atoms with Crippen LogP contribution in [0.1, 0.15) is 30.5 Å². The first-order valence-corrected chi connectivity index (χ1v) is 9.37. The first-order valence-electron chi connectivity index (χ1n) is 7.55. The Morgan fingerprint density at radius 2 is 1.57 bits per heavy atom. The molecule has 1 amide bonds. The second kappa shape index (κ2) is 7.92. The lowest BCUT2D eigenvalue weighted by Gasteiger charge is -2.14. The van der Waals surface area contributed by atoms with Crippen molar-refractivity contribution in [2.24, 2.45) is 0 Å². The van der Waals surface area contributed by atoms with E-state index in [-0.39, 0.29) is 29.9 Å². The Bertz CT molecular complexity index is 727. The number of benzene rings is 2. The highest BCUT2D eigenvalue weighted by Gasteiger charge is 2.16. The van der Waals surface area contributed by atoms with E-state index in [0.29, 0.717) is 0 Å². The maximum absolute atomic E-state index is 12.1. The summed E-state index contributed by atoms with van der Waals surface area (Å²) in [5.74, 6) is -0.428. The SMILES string of the molecule is CC(NC(=O)CCS(=O)(=O)Cc1ccccc1)c1ccccc1. The molecule has 0 aliphatic heterocycles. The van der Waals surface area contributed by atoms with E-state index in [1.165, 1.54) is 0 Å². The summed E-state index contributed by atoms with van der Waals surface area (Å²) < 4.78 is 24.2. The number of nitrogens with one attached hydrogen (secondary N) is 1. The fraction of sp³-hybridized carbons (Fsp3) is 0.278. The summed E-state index contributed by atoms with van der Waals surface area (Å²) in [5.41, 5.74) is 1.73. The maximum atomic E-state index is 12.1. The summed E-state index contributed by atoms with van der Waals surface area (Å²) in [4.78, 5) is 12.0. The molecule has 1 unspecified atom stereocenters. The van der Waals surface area contributed by atoms with E-state index in [4.69, 9.17) is 0 Å². The monoisotopic (exact) mass is 331 g/mol. The van der Waals surface area contributed by atoms with E-state index in [1.807, 2.05) is 43.3 Å². The fourth-order valence-electron chi connectivity index (χ4n) is 2.29. The van der Waals surface area contributed by atoms with Crippen molar-refractivity contribution >= 4 is 15.7 Å². The molecule has 1 atom stereocenters. The normalized spacial score (nSPS) is 12.6. The standard InChI is InChI=1S/C18H21NO3S/c1-15(17-10-6-3-7-11-17)19-18(20)12-13-23(21,22)14-16-8-4-2-5-9-16/h2-11,15H,12-14H2,1H3,(H,19,20). The van der Waals surface area contributed by atoms with Crippen LogP contribution in [0, 0.1) is 0 Å². The van der Waals surface area contributed by atoms with Crippen molar-refractivity contribution in [3.8, 4) is 0 Å². The lowest BCUT2D eigenvalue weighted by Crippen LogP contribution is -2.28. The highest BCUT2D eigenvalue weighted by atomic mass is 32.2. The van der Waals surface area contributed by atoms with Crippen molar-refractivity contribution in [2.75, 3.05) is 5.75 Å². The minimum atomic E-state index is -3.29. The van der Waals surface area contributed by atoms with Crippen LogP contribution in [-0.4, -0.2) is 20.1 Å². The van der Waals surface area contributed by atoms with E-state index in [1.54, 1.807) is 24.3 Å². The molecule has 5 heteroatoms. The quantitative estimate of drug-likeness (QED) is 0.848. The van der Waals surface area contributed by atoms with Gasteiger partial charge in [-0.2, -0.15) is 0 Å². The van der Waals surface area contributed by atoms with Crippen LogP contribution in [0.5, 0.6) is 0 Å². The molecule has 0 fully saturated rings. The van der Waals surface area contributed by atoms with E-state index in [0.717, 1.165) is 11.1 Å². The zero-order chi connectivity index (χ0) is 16.7. The Kier molecular flexibility index (Phi) is 5.93. The van der Waals surface area contributed by atoms with Gasteiger partial charge in [-0.3, -0.25) is 4.79 Å². The first-order chi connectivity index (χ1) is 11.0. The van der Waals surface area contributed by atoms with E-state index in [2.05, 4.69) is 5.32 Å². The molecular weight excluding hydrogens is 310 g/mol. The summed E-state index contributed by atoms with van der Waals surface area (Å²) >= 11 is 0. The van der Waals surface area contributed by atoms with Crippen LogP contribution >= 0.6 is 0 Å². The molecule has 0 radical (unpaired) electrons. The Hall–Kier alpha value is -2.14. The zero-order valence-corrected chi connectivity index (χ0v) is 13.9. The molecule has 2 rings (SSSR count). The average molecular weight is 331 g/mol. The molecule has 0 saturated carbocycles. The molecular formula is C18H21NO3S. The average Bonchev–Trinajstić information content (AvgIpc) is 2.54. The first kappa shape index (κ1) is 17.2. The Balaban J connectivity index is 1.84. The predicted octanol–water partition coefficient (Wildman–Crippen LogP) is 2.87. The largest absolute Gasteiger partial charge is 0.350 e. The summed E-state index contributed by atoms with van der Waals surface area (Å²) in [5, 5.41) is 2.83. The van der Waals surface area contributed by atoms with Crippen LogP contribution in [0.2, 0.25) is 0 Å². The smallest absolute Gasteiger partial charge is 0.221 e. The molecule has 0 saturated heterocycles. The van der Waals surface area contributed by atoms with Gasteiger partial charge in [0.2, 0.25) is 5.91 Å². The van der Waals surface area contributed by atoms with Crippen molar-refractivity contribution in [1.29, 1.82) is 0 Å². The number of sulfone groups is 1. The van der Waals surface area contributed by atoms with Gasteiger partial charge in [0.05, 0.1) is 17.5 Å². The molecule has 0 aliphatic carbocycles. The van der Waals surface area contributed by atoms with Gasteiger partial charge in [-0.15, -0.1) is 0 Å². The Morgan fingerprint density at radius 1 is 1.00 bits per heavy atom. The fourth-order valence-corrected chi connectivity index (χ4v) is 3.63. The molecule has 0 heterocycles. The lowest BCUT2D eigenvalue weighted by molar-refractivity contribution is -0.121. The molecule has 2 aromatic rings. The summed E-state index contributed by atoms with van der Waals surface area (Å²) in [6, 6.07) is 18.4. The Labute approximate surface area is 137 Å². The molecule has 1 N–H and O–H groups in total. The highest BCUT2D eigenvalue weighted by Crippen LogP contribution is 2.12. The van der Waals surface area contributed by atoms with Crippen LogP contribution in [0.3, 0.4) is 0 Å². The van der Waals surface area contributed by atoms with Gasteiger partial charge in [-0.05, 0) is 18.1 Å². The van der Waals surface area contributed by atoms with Gasteiger partial charge in [0, 0.05) is 6.42 Å². The number of carbonyl (C=O) groups is 1. The zero-order valence-electron chi connectivity index (χ0n) is 13.1. The van der Waals surface area contributed by atoms with Gasteiger partial charge in [-0.1, -0.05) is 60.7 Å². The molecule has 0 aromatic heterocycles. The molecule has 0 aliphatic rings. The lowest BCUT2D eigenvalue weighted by atomic mass is 10.1. The molecule has 122 valence electrons. The van der Waals surface area contributed by atoms with E-state index >= 15 is 0 Å². The van der Waals surface area contributed by atoms with Gasteiger partial charge in [0.15, 0.2) is 9.84 Å². The third-order valence-corrected chi connectivity index (χ3v) is 5.15. The minimum Gasteiger partial charge on any atom is -0.350 e. The number of amides is 1. The van der Waals surface area contributed by atoms with Crippen molar-refractivity contribution < 1.29 is 13.2 Å². The van der Waals surface area contributed by atoms with Crippen LogP contribution < -0.4 is 5.32 Å². The van der Waals surface area contributed by atoms with Crippen molar-refractivity contribution in [2.45, 2.75) is 25.1 Å². The molecule has 0 spiro atoms. The second-order valence-electron chi connectivity index (χ2n) is 5.53. The van der Waals surface area contributed by atoms with Crippen molar-refractivity contribution in [1.82, 2.24) is 5.32 Å². The van der Waals surface area contributed by atoms with Crippen LogP contribution in [-0.2, 0) is 20.4 Å².